The van der Waals surface area contributed by atoms with Crippen molar-refractivity contribution in [3.63, 3.8) is 0 Å². The van der Waals surface area contributed by atoms with Gasteiger partial charge in [-0.15, -0.1) is 0 Å². The van der Waals surface area contributed by atoms with Crippen LogP contribution in [0.15, 0.2) is 146 Å². The monoisotopic (exact) mass is 815 g/mol. The van der Waals surface area contributed by atoms with Gasteiger partial charge >= 0.3 is 0 Å². The summed E-state index contributed by atoms with van der Waals surface area (Å²) in [6.07, 6.45) is 3.05. The third-order valence-corrected chi connectivity index (χ3v) is 13.1. The SMILES string of the molecule is CCC1(COc2cccc(-c3ccc(N(c4ccc(-c5cccc(COC6(CC)COC6)c5)cc4)c4ccc(-c5cccc(OCC6(CC)COC6)c5)cc4)cc3)c2)COC1. The van der Waals surface area contributed by atoms with Crippen LogP contribution in [0.2, 0.25) is 0 Å². The zero-order valence-corrected chi connectivity index (χ0v) is 35.7. The van der Waals surface area contributed by atoms with Gasteiger partial charge in [0.15, 0.2) is 0 Å². The molecule has 61 heavy (non-hydrogen) atoms. The number of hydrogen-bond acceptors (Lipinski definition) is 7. The van der Waals surface area contributed by atoms with Crippen molar-refractivity contribution in [2.45, 2.75) is 52.2 Å². The molecule has 7 heteroatoms. The summed E-state index contributed by atoms with van der Waals surface area (Å²) in [5, 5.41) is 0. The van der Waals surface area contributed by atoms with Crippen molar-refractivity contribution in [2.24, 2.45) is 10.8 Å². The van der Waals surface area contributed by atoms with Crippen LogP contribution in [0.4, 0.5) is 17.1 Å². The Balaban J connectivity index is 0.973. The molecule has 0 aromatic heterocycles. The smallest absolute Gasteiger partial charge is 0.119 e. The van der Waals surface area contributed by atoms with Gasteiger partial charge in [-0.1, -0.05) is 99.6 Å². The summed E-state index contributed by atoms with van der Waals surface area (Å²) in [4.78, 5) is 2.32. The average Bonchev–Trinajstić information content (AvgIpc) is 3.27. The number of anilines is 3. The minimum atomic E-state index is -0.151. The van der Waals surface area contributed by atoms with E-state index in [9.17, 15) is 0 Å². The topological polar surface area (TPSA) is 58.6 Å². The third-order valence-electron chi connectivity index (χ3n) is 13.1. The van der Waals surface area contributed by atoms with E-state index >= 15 is 0 Å². The Hall–Kier alpha value is -5.44. The van der Waals surface area contributed by atoms with Crippen LogP contribution in [0.1, 0.15) is 45.6 Å². The molecule has 0 spiro atoms. The van der Waals surface area contributed by atoms with Crippen molar-refractivity contribution in [3.8, 4) is 44.9 Å². The molecule has 0 amide bonds. The van der Waals surface area contributed by atoms with Crippen molar-refractivity contribution in [1.29, 1.82) is 0 Å². The highest BCUT2D eigenvalue weighted by Gasteiger charge is 2.39. The second-order valence-electron chi connectivity index (χ2n) is 17.3. The first-order valence-corrected chi connectivity index (χ1v) is 21.9. The van der Waals surface area contributed by atoms with Gasteiger partial charge in [0, 0.05) is 17.1 Å². The predicted octanol–water partition coefficient (Wildman–Crippen LogP) is 12.5. The van der Waals surface area contributed by atoms with Gasteiger partial charge in [-0.2, -0.15) is 0 Å². The van der Waals surface area contributed by atoms with Gasteiger partial charge in [0.2, 0.25) is 0 Å². The first kappa shape index (κ1) is 40.9. The molecule has 7 nitrogen and oxygen atoms in total. The summed E-state index contributed by atoms with van der Waals surface area (Å²) in [7, 11) is 0. The molecule has 6 aromatic carbocycles. The highest BCUT2D eigenvalue weighted by atomic mass is 16.6. The molecule has 0 radical (unpaired) electrons. The van der Waals surface area contributed by atoms with E-state index in [1.807, 2.05) is 12.1 Å². The maximum atomic E-state index is 6.34. The van der Waals surface area contributed by atoms with E-state index in [0.29, 0.717) is 33.0 Å². The molecule has 0 unspecified atom stereocenters. The Morgan fingerprint density at radius 1 is 0.443 bits per heavy atom. The van der Waals surface area contributed by atoms with Crippen LogP contribution in [0, 0.1) is 10.8 Å². The Morgan fingerprint density at radius 2 is 0.852 bits per heavy atom. The highest BCUT2D eigenvalue weighted by molar-refractivity contribution is 5.81. The third kappa shape index (κ3) is 8.98. The maximum absolute atomic E-state index is 6.34. The lowest BCUT2D eigenvalue weighted by molar-refractivity contribution is -0.216. The number of ether oxygens (including phenoxy) is 6. The molecule has 0 aliphatic carbocycles. The van der Waals surface area contributed by atoms with Gasteiger partial charge in [-0.3, -0.25) is 0 Å². The summed E-state index contributed by atoms with van der Waals surface area (Å²) >= 11 is 0. The van der Waals surface area contributed by atoms with E-state index in [0.717, 1.165) is 113 Å². The fourth-order valence-corrected chi connectivity index (χ4v) is 8.22. The first-order chi connectivity index (χ1) is 29.9. The zero-order chi connectivity index (χ0) is 41.7. The van der Waals surface area contributed by atoms with Crippen LogP contribution in [0.5, 0.6) is 11.5 Å². The van der Waals surface area contributed by atoms with Crippen LogP contribution >= 0.6 is 0 Å². The molecule has 3 saturated heterocycles. The van der Waals surface area contributed by atoms with E-state index in [-0.39, 0.29) is 16.4 Å². The lowest BCUT2D eigenvalue weighted by atomic mass is 9.84. The quantitative estimate of drug-likeness (QED) is 0.0856. The molecule has 3 fully saturated rings. The Labute approximate surface area is 361 Å². The summed E-state index contributed by atoms with van der Waals surface area (Å²) in [5.41, 5.74) is 11.3. The number of rotatable bonds is 18. The molecule has 3 aliphatic rings. The second-order valence-corrected chi connectivity index (χ2v) is 17.3. The highest BCUT2D eigenvalue weighted by Crippen LogP contribution is 2.39. The van der Waals surface area contributed by atoms with E-state index in [1.165, 1.54) is 0 Å². The summed E-state index contributed by atoms with van der Waals surface area (Å²) < 4.78 is 35.5. The molecule has 0 saturated carbocycles. The minimum absolute atomic E-state index is 0.127. The molecule has 9 rings (SSSR count). The molecule has 3 heterocycles. The molecular weight excluding hydrogens is 759 g/mol. The van der Waals surface area contributed by atoms with Crippen molar-refractivity contribution in [1.82, 2.24) is 0 Å². The van der Waals surface area contributed by atoms with Crippen molar-refractivity contribution < 1.29 is 28.4 Å². The normalized spacial score (nSPS) is 17.0. The van der Waals surface area contributed by atoms with Crippen LogP contribution in [0.25, 0.3) is 33.4 Å². The fraction of sp³-hybridized carbons (Fsp3) is 0.333. The summed E-state index contributed by atoms with van der Waals surface area (Å²) in [6.45, 7) is 12.9. The van der Waals surface area contributed by atoms with Gasteiger partial charge in [0.1, 0.15) is 17.1 Å². The fourth-order valence-electron chi connectivity index (χ4n) is 8.22. The van der Waals surface area contributed by atoms with Gasteiger partial charge in [-0.25, -0.2) is 0 Å². The lowest BCUT2D eigenvalue weighted by Gasteiger charge is -2.40. The lowest BCUT2D eigenvalue weighted by Crippen LogP contribution is -2.51. The second kappa shape index (κ2) is 17.9. The standard InChI is InChI=1S/C54H57NO6/c1-4-52(32-56-33-52)36-59-50-14-8-12-45(29-50)42-18-24-48(25-19-42)55(47-22-16-41(17-23-47)44-11-7-10-40(28-44)31-61-54(6-3)38-58-39-54)49-26-20-43(21-27-49)46-13-9-15-51(30-46)60-37-53(5-2)34-57-35-53/h7-30H,4-6,31-39H2,1-3H3. The summed E-state index contributed by atoms with van der Waals surface area (Å²) in [5.74, 6) is 1.77. The van der Waals surface area contributed by atoms with Crippen molar-refractivity contribution in [2.75, 3.05) is 57.8 Å². The number of hydrogen-bond donors (Lipinski definition) is 0. The predicted molar refractivity (Wildman–Crippen MR) is 244 cm³/mol. The van der Waals surface area contributed by atoms with Gasteiger partial charge in [0.05, 0.1) is 70.3 Å². The maximum Gasteiger partial charge on any atom is 0.119 e. The molecule has 6 aromatic rings. The summed E-state index contributed by atoms with van der Waals surface area (Å²) in [6, 6.07) is 52.0. The van der Waals surface area contributed by atoms with Crippen molar-refractivity contribution >= 4 is 17.1 Å². The van der Waals surface area contributed by atoms with E-state index < -0.39 is 0 Å². The Kier molecular flexibility index (Phi) is 12.0. The van der Waals surface area contributed by atoms with Gasteiger partial charge in [-0.05, 0) is 125 Å². The van der Waals surface area contributed by atoms with E-state index in [4.69, 9.17) is 28.4 Å². The molecule has 3 aliphatic heterocycles. The van der Waals surface area contributed by atoms with Crippen LogP contribution < -0.4 is 14.4 Å². The van der Waals surface area contributed by atoms with Crippen molar-refractivity contribution in [3.05, 3.63) is 151 Å². The van der Waals surface area contributed by atoms with Gasteiger partial charge in [0.25, 0.3) is 0 Å². The average molecular weight is 816 g/mol. The molecule has 314 valence electrons. The zero-order valence-electron chi connectivity index (χ0n) is 35.7. The molecule has 0 atom stereocenters. The molecule has 0 N–H and O–H groups in total. The van der Waals surface area contributed by atoms with Crippen LogP contribution in [0.3, 0.4) is 0 Å². The molecule has 0 bridgehead atoms. The molecular formula is C54H57NO6. The number of benzene rings is 6. The first-order valence-electron chi connectivity index (χ1n) is 21.9. The van der Waals surface area contributed by atoms with E-state index in [2.05, 4.69) is 159 Å². The minimum Gasteiger partial charge on any atom is -0.493 e. The Morgan fingerprint density at radius 3 is 1.21 bits per heavy atom. The van der Waals surface area contributed by atoms with E-state index in [1.54, 1.807) is 0 Å². The van der Waals surface area contributed by atoms with Crippen LogP contribution in [-0.2, 0) is 25.6 Å². The Bertz CT molecular complexity index is 2090. The number of nitrogens with zero attached hydrogens (tertiary/aromatic N) is 1. The van der Waals surface area contributed by atoms with Gasteiger partial charge < -0.3 is 33.3 Å². The van der Waals surface area contributed by atoms with Crippen LogP contribution in [-0.4, -0.2) is 58.5 Å². The largest absolute Gasteiger partial charge is 0.493 e.